The molecule has 0 atom stereocenters. The maximum Gasteiger partial charge on any atom is 0.184 e. The lowest BCUT2D eigenvalue weighted by Crippen LogP contribution is -2.74. The van der Waals surface area contributed by atoms with Gasteiger partial charge < -0.3 is 4.57 Å². The fourth-order valence-corrected chi connectivity index (χ4v) is 15.2. The molecule has 0 saturated heterocycles. The molecule has 0 aliphatic heterocycles. The molecule has 72 heavy (non-hydrogen) atoms. The monoisotopic (exact) mass is 934 g/mol. The number of fused-ring (bicyclic) bond motifs is 3. The molecule has 0 bridgehead atoms. The van der Waals surface area contributed by atoms with E-state index in [0.29, 0.717) is 28.8 Å². The minimum Gasteiger partial charge on any atom is -0.309 e. The van der Waals surface area contributed by atoms with Crippen LogP contribution in [0, 0.1) is 13.1 Å². The van der Waals surface area contributed by atoms with Crippen LogP contribution in [0.2, 0.25) is 0 Å². The average molecular weight is 935 g/mol. The van der Waals surface area contributed by atoms with Crippen LogP contribution >= 0.6 is 0 Å². The average Bonchev–Trinajstić information content (AvgIpc) is 3.80. The van der Waals surface area contributed by atoms with Crippen molar-refractivity contribution in [2.45, 2.75) is 0 Å². The van der Waals surface area contributed by atoms with Gasteiger partial charge in [-0.15, -0.1) is 0 Å². The summed E-state index contributed by atoms with van der Waals surface area (Å²) >= 11 is 0. The smallest absolute Gasteiger partial charge is 0.184 e. The first-order chi connectivity index (χ1) is 35.6. The summed E-state index contributed by atoms with van der Waals surface area (Å²) in [6.07, 6.45) is 0. The summed E-state index contributed by atoms with van der Waals surface area (Å²) in [7, 11) is -2.93. The van der Waals surface area contributed by atoms with Crippen molar-refractivity contribution >= 4 is 62.0 Å². The highest BCUT2D eigenvalue weighted by Crippen LogP contribution is 2.41. The van der Waals surface area contributed by atoms with Crippen LogP contribution in [0.25, 0.3) is 93.6 Å². The lowest BCUT2D eigenvalue weighted by Gasteiger charge is -2.34. The third-order valence-corrected chi connectivity index (χ3v) is 18.4. The minimum atomic E-state index is -2.93. The minimum absolute atomic E-state index is 0.449. The third kappa shape index (κ3) is 7.64. The Morgan fingerprint density at radius 3 is 1.43 bits per heavy atom. The Morgan fingerprint density at radius 1 is 0.333 bits per heavy atom. The van der Waals surface area contributed by atoms with Crippen LogP contribution in [-0.4, -0.2) is 27.6 Å². The molecule has 2 heterocycles. The zero-order valence-electron chi connectivity index (χ0n) is 38.9. The van der Waals surface area contributed by atoms with Crippen molar-refractivity contribution < 1.29 is 0 Å². The first-order valence-corrected chi connectivity index (χ1v) is 25.8. The van der Waals surface area contributed by atoms with E-state index in [4.69, 9.17) is 28.1 Å². The predicted octanol–water partition coefficient (Wildman–Crippen LogP) is 13.8. The maximum atomic E-state index is 7.98. The molecule has 0 aliphatic carbocycles. The topological polar surface area (TPSA) is 52.3 Å². The number of benzene rings is 10. The summed E-state index contributed by atoms with van der Waals surface area (Å²) in [5, 5.41) is 7.27. The molecule has 336 valence electrons. The van der Waals surface area contributed by atoms with Crippen LogP contribution in [0.5, 0.6) is 0 Å². The van der Waals surface area contributed by atoms with Crippen molar-refractivity contribution in [1.29, 1.82) is 0 Å². The summed E-state index contributed by atoms with van der Waals surface area (Å²) in [5.74, 6) is 1.75. The van der Waals surface area contributed by atoms with Crippen LogP contribution in [0.15, 0.2) is 255 Å². The number of hydrogen-bond acceptors (Lipinski definition) is 3. The van der Waals surface area contributed by atoms with Gasteiger partial charge in [-0.25, -0.2) is 24.6 Å². The Labute approximate surface area is 419 Å². The van der Waals surface area contributed by atoms with Crippen molar-refractivity contribution in [2.75, 3.05) is 0 Å². The van der Waals surface area contributed by atoms with Gasteiger partial charge in [-0.2, -0.15) is 0 Å². The highest BCUT2D eigenvalue weighted by molar-refractivity contribution is 7.19. The molecule has 0 fully saturated rings. The highest BCUT2D eigenvalue weighted by Gasteiger charge is 2.41. The number of hydrogen-bond donors (Lipinski definition) is 0. The largest absolute Gasteiger partial charge is 0.309 e. The lowest BCUT2D eigenvalue weighted by atomic mass is 9.98. The summed E-state index contributed by atoms with van der Waals surface area (Å²) in [6, 6.07) is 89.3. The van der Waals surface area contributed by atoms with Gasteiger partial charge in [0, 0.05) is 33.2 Å². The van der Waals surface area contributed by atoms with Crippen molar-refractivity contribution in [1.82, 2.24) is 19.5 Å². The van der Waals surface area contributed by atoms with E-state index in [9.17, 15) is 0 Å². The molecule has 0 amide bonds. The van der Waals surface area contributed by atoms with E-state index in [2.05, 4.69) is 190 Å². The van der Waals surface area contributed by atoms with Gasteiger partial charge in [-0.05, 0) is 79.4 Å². The van der Waals surface area contributed by atoms with Gasteiger partial charge in [-0.3, -0.25) is 0 Å². The molecular formula is C65H42N6Si. The molecule has 7 heteroatoms. The molecular weight excluding hydrogens is 893 g/mol. The van der Waals surface area contributed by atoms with E-state index >= 15 is 0 Å². The van der Waals surface area contributed by atoms with Crippen LogP contribution in [0.1, 0.15) is 0 Å². The van der Waals surface area contributed by atoms with Gasteiger partial charge in [0.1, 0.15) is 0 Å². The molecule has 0 radical (unpaired) electrons. The second-order valence-corrected chi connectivity index (χ2v) is 21.5. The number of para-hydroxylation sites is 1. The summed E-state index contributed by atoms with van der Waals surface area (Å²) in [5.41, 5.74) is 10.3. The van der Waals surface area contributed by atoms with Crippen molar-refractivity contribution in [3.8, 4) is 62.1 Å². The molecule has 0 spiro atoms. The number of nitrogens with zero attached hydrogens (tertiary/aromatic N) is 6. The van der Waals surface area contributed by atoms with E-state index in [0.717, 1.165) is 66.4 Å². The standard InChI is InChI=1S/C65H42N6Si/c1-66-49-36-38-55(60(43-49)67-2)48-35-40-62-59(42-48)56-33-18-19-34-61(56)71(62)50-37-39-57(65-69-63(45-21-8-3-9-22-45)68-64(70-65)46-23-10-4-11-24-46)58(44-50)47-25-20-32-54(41-47)72(51-26-12-5-13-27-51,52-28-14-6-15-29-52)53-30-16-7-17-31-53/h3-44H. The van der Waals surface area contributed by atoms with Crippen LogP contribution in [0.3, 0.4) is 0 Å². The first kappa shape index (κ1) is 43.5. The van der Waals surface area contributed by atoms with E-state index in [1.807, 2.05) is 66.7 Å². The second-order valence-electron chi connectivity index (χ2n) is 17.7. The van der Waals surface area contributed by atoms with E-state index in [1.54, 1.807) is 12.1 Å². The van der Waals surface area contributed by atoms with Gasteiger partial charge in [0.05, 0.1) is 24.2 Å². The van der Waals surface area contributed by atoms with E-state index < -0.39 is 8.07 Å². The van der Waals surface area contributed by atoms with Crippen molar-refractivity contribution in [3.63, 3.8) is 0 Å². The Morgan fingerprint density at radius 2 is 0.833 bits per heavy atom. The van der Waals surface area contributed by atoms with Gasteiger partial charge in [0.25, 0.3) is 0 Å². The molecule has 0 unspecified atom stereocenters. The fourth-order valence-electron chi connectivity index (χ4n) is 10.4. The van der Waals surface area contributed by atoms with Crippen LogP contribution < -0.4 is 20.7 Å². The number of aromatic nitrogens is 4. The number of rotatable bonds is 10. The second kappa shape index (κ2) is 18.6. The zero-order chi connectivity index (χ0) is 48.4. The van der Waals surface area contributed by atoms with Gasteiger partial charge in [0.2, 0.25) is 0 Å². The predicted molar refractivity (Wildman–Crippen MR) is 297 cm³/mol. The first-order valence-electron chi connectivity index (χ1n) is 23.8. The Balaban J connectivity index is 1.13. The SMILES string of the molecule is [C-]#[N+]c1ccc(-c2ccc3c(c2)c2ccccc2n3-c2ccc(-c3nc(-c4ccccc4)nc(-c4ccccc4)n3)c(-c3cccc([Si](c4ccccc4)(c4ccccc4)c4ccccc4)c3)c2)c([N+]#[C-])c1. The quantitative estimate of drug-likeness (QED) is 0.0780. The van der Waals surface area contributed by atoms with Crippen molar-refractivity contribution in [2.24, 2.45) is 0 Å². The molecule has 10 aromatic carbocycles. The van der Waals surface area contributed by atoms with E-state index in [1.165, 1.54) is 20.7 Å². The van der Waals surface area contributed by atoms with Crippen LogP contribution in [0.4, 0.5) is 11.4 Å². The van der Waals surface area contributed by atoms with E-state index in [-0.39, 0.29) is 0 Å². The molecule has 12 rings (SSSR count). The molecule has 12 aromatic rings. The highest BCUT2D eigenvalue weighted by atomic mass is 28.3. The van der Waals surface area contributed by atoms with Gasteiger partial charge in [-0.1, -0.05) is 218 Å². The molecule has 0 aliphatic rings. The maximum absolute atomic E-state index is 7.98. The summed E-state index contributed by atoms with van der Waals surface area (Å²) < 4.78 is 2.33. The molecule has 2 aromatic heterocycles. The zero-order valence-corrected chi connectivity index (χ0v) is 39.9. The molecule has 0 N–H and O–H groups in total. The summed E-state index contributed by atoms with van der Waals surface area (Å²) in [6.45, 7) is 15.5. The fraction of sp³-hybridized carbons (Fsp3) is 0. The molecule has 0 saturated carbocycles. The third-order valence-electron chi connectivity index (χ3n) is 13.6. The Hall–Kier alpha value is -9.79. The van der Waals surface area contributed by atoms with Gasteiger partial charge >= 0.3 is 0 Å². The Kier molecular flexibility index (Phi) is 11.2. The van der Waals surface area contributed by atoms with Crippen molar-refractivity contribution in [3.05, 3.63) is 278 Å². The summed E-state index contributed by atoms with van der Waals surface area (Å²) in [4.78, 5) is 23.1. The van der Waals surface area contributed by atoms with Crippen LogP contribution in [-0.2, 0) is 0 Å². The normalized spacial score (nSPS) is 11.3. The lowest BCUT2D eigenvalue weighted by molar-refractivity contribution is 1.07. The van der Waals surface area contributed by atoms with Gasteiger partial charge in [0.15, 0.2) is 36.9 Å². The molecule has 6 nitrogen and oxygen atoms in total. The Bertz CT molecular complexity index is 3900.